The largest absolute Gasteiger partial charge is 0.311 e. The molecule has 0 aliphatic heterocycles. The lowest BCUT2D eigenvalue weighted by Gasteiger charge is -2.09. The molecular weight excluding hydrogens is 236 g/mol. The Morgan fingerprint density at radius 3 is 2.79 bits per heavy atom. The molecule has 2 heterocycles. The van der Waals surface area contributed by atoms with Crippen LogP contribution in [0.1, 0.15) is 25.2 Å². The molecule has 0 fully saturated rings. The smallest absolute Gasteiger partial charge is 0.161 e. The van der Waals surface area contributed by atoms with Crippen LogP contribution < -0.4 is 5.32 Å². The Morgan fingerprint density at radius 1 is 1.26 bits per heavy atom. The molecule has 0 saturated heterocycles. The standard InChI is InChI=1S/C15H20N4/c1-11(2)8-17-10-14-7-12(3)18-15(19-14)13-5-4-6-16-9-13/h4-7,9,11,17H,8,10H2,1-3H3. The van der Waals surface area contributed by atoms with E-state index in [2.05, 4.69) is 34.1 Å². The fraction of sp³-hybridized carbons (Fsp3) is 0.400. The summed E-state index contributed by atoms with van der Waals surface area (Å²) in [7, 11) is 0. The number of hydrogen-bond acceptors (Lipinski definition) is 4. The van der Waals surface area contributed by atoms with Gasteiger partial charge in [-0.2, -0.15) is 0 Å². The first-order valence-electron chi connectivity index (χ1n) is 6.61. The molecule has 1 N–H and O–H groups in total. The third kappa shape index (κ3) is 4.10. The second-order valence-corrected chi connectivity index (χ2v) is 5.09. The van der Waals surface area contributed by atoms with Crippen LogP contribution in [0.2, 0.25) is 0 Å². The molecular formula is C15H20N4. The molecule has 100 valence electrons. The van der Waals surface area contributed by atoms with Crippen LogP contribution in [0.15, 0.2) is 30.6 Å². The average Bonchev–Trinajstić information content (AvgIpc) is 2.39. The van der Waals surface area contributed by atoms with Crippen molar-refractivity contribution in [2.24, 2.45) is 5.92 Å². The van der Waals surface area contributed by atoms with Gasteiger partial charge in [-0.25, -0.2) is 9.97 Å². The Morgan fingerprint density at radius 2 is 2.11 bits per heavy atom. The highest BCUT2D eigenvalue weighted by atomic mass is 14.9. The van der Waals surface area contributed by atoms with Crippen LogP contribution >= 0.6 is 0 Å². The lowest BCUT2D eigenvalue weighted by atomic mass is 10.2. The zero-order valence-corrected chi connectivity index (χ0v) is 11.7. The topological polar surface area (TPSA) is 50.7 Å². The average molecular weight is 256 g/mol. The second-order valence-electron chi connectivity index (χ2n) is 5.09. The number of nitrogens with zero attached hydrogens (tertiary/aromatic N) is 3. The zero-order chi connectivity index (χ0) is 13.7. The van der Waals surface area contributed by atoms with E-state index in [1.165, 1.54) is 0 Å². The molecule has 0 spiro atoms. The first kappa shape index (κ1) is 13.6. The molecule has 4 heteroatoms. The van der Waals surface area contributed by atoms with Gasteiger partial charge in [0, 0.05) is 30.2 Å². The Hall–Kier alpha value is -1.81. The van der Waals surface area contributed by atoms with Gasteiger partial charge in [0.2, 0.25) is 0 Å². The molecule has 2 aromatic heterocycles. The Bertz CT molecular complexity index is 523. The van der Waals surface area contributed by atoms with E-state index in [0.29, 0.717) is 5.92 Å². The van der Waals surface area contributed by atoms with Gasteiger partial charge in [0.1, 0.15) is 0 Å². The second kappa shape index (κ2) is 6.38. The Kier molecular flexibility index (Phi) is 4.58. The summed E-state index contributed by atoms with van der Waals surface area (Å²) in [4.78, 5) is 13.2. The van der Waals surface area contributed by atoms with E-state index in [-0.39, 0.29) is 0 Å². The Balaban J connectivity index is 2.16. The number of rotatable bonds is 5. The summed E-state index contributed by atoms with van der Waals surface area (Å²) in [6.07, 6.45) is 3.55. The lowest BCUT2D eigenvalue weighted by molar-refractivity contribution is 0.548. The zero-order valence-electron chi connectivity index (χ0n) is 11.7. The van der Waals surface area contributed by atoms with E-state index < -0.39 is 0 Å². The van der Waals surface area contributed by atoms with Crippen molar-refractivity contribution in [1.82, 2.24) is 20.3 Å². The summed E-state index contributed by atoms with van der Waals surface area (Å²) in [6.45, 7) is 8.15. The van der Waals surface area contributed by atoms with E-state index in [4.69, 9.17) is 0 Å². The Labute approximate surface area is 114 Å². The highest BCUT2D eigenvalue weighted by Gasteiger charge is 2.05. The molecule has 2 aromatic rings. The van der Waals surface area contributed by atoms with Gasteiger partial charge in [0.15, 0.2) is 5.82 Å². The van der Waals surface area contributed by atoms with Crippen molar-refractivity contribution in [2.45, 2.75) is 27.3 Å². The molecule has 0 atom stereocenters. The summed E-state index contributed by atoms with van der Waals surface area (Å²) in [6, 6.07) is 5.90. The predicted molar refractivity (Wildman–Crippen MR) is 76.5 cm³/mol. The van der Waals surface area contributed by atoms with E-state index in [1.807, 2.05) is 25.1 Å². The van der Waals surface area contributed by atoms with Gasteiger partial charge in [0.05, 0.1) is 5.69 Å². The third-order valence-corrected chi connectivity index (χ3v) is 2.69. The third-order valence-electron chi connectivity index (χ3n) is 2.69. The molecule has 19 heavy (non-hydrogen) atoms. The fourth-order valence-electron chi connectivity index (χ4n) is 1.84. The minimum Gasteiger partial charge on any atom is -0.311 e. The van der Waals surface area contributed by atoms with Crippen LogP contribution in [0, 0.1) is 12.8 Å². The van der Waals surface area contributed by atoms with Crippen LogP contribution in [-0.2, 0) is 6.54 Å². The summed E-state index contributed by atoms with van der Waals surface area (Å²) in [5, 5.41) is 3.40. The van der Waals surface area contributed by atoms with Crippen LogP contribution in [0.3, 0.4) is 0 Å². The summed E-state index contributed by atoms with van der Waals surface area (Å²) in [5.74, 6) is 1.38. The van der Waals surface area contributed by atoms with E-state index >= 15 is 0 Å². The molecule has 0 radical (unpaired) electrons. The molecule has 0 aliphatic rings. The number of aromatic nitrogens is 3. The van der Waals surface area contributed by atoms with Gasteiger partial charge in [-0.3, -0.25) is 4.98 Å². The van der Waals surface area contributed by atoms with Crippen LogP contribution in [0.5, 0.6) is 0 Å². The van der Waals surface area contributed by atoms with Gasteiger partial charge in [0.25, 0.3) is 0 Å². The highest BCUT2D eigenvalue weighted by Crippen LogP contribution is 2.14. The van der Waals surface area contributed by atoms with Crippen LogP contribution in [0.4, 0.5) is 0 Å². The summed E-state index contributed by atoms with van der Waals surface area (Å²) in [5.41, 5.74) is 2.96. The van der Waals surface area contributed by atoms with Crippen molar-refractivity contribution < 1.29 is 0 Å². The van der Waals surface area contributed by atoms with Crippen LogP contribution in [-0.4, -0.2) is 21.5 Å². The van der Waals surface area contributed by atoms with Crippen molar-refractivity contribution in [3.8, 4) is 11.4 Å². The van der Waals surface area contributed by atoms with Gasteiger partial charge in [-0.15, -0.1) is 0 Å². The SMILES string of the molecule is Cc1cc(CNCC(C)C)nc(-c2cccnc2)n1. The van der Waals surface area contributed by atoms with Crippen molar-refractivity contribution in [2.75, 3.05) is 6.54 Å². The van der Waals surface area contributed by atoms with E-state index in [0.717, 1.165) is 35.9 Å². The molecule has 0 unspecified atom stereocenters. The quantitative estimate of drug-likeness (QED) is 0.893. The van der Waals surface area contributed by atoms with Gasteiger partial charge < -0.3 is 5.32 Å². The monoisotopic (exact) mass is 256 g/mol. The molecule has 0 aromatic carbocycles. The minimum atomic E-state index is 0.640. The first-order chi connectivity index (χ1) is 9.15. The summed E-state index contributed by atoms with van der Waals surface area (Å²) < 4.78 is 0. The maximum absolute atomic E-state index is 4.59. The molecule has 0 aliphatic carbocycles. The minimum absolute atomic E-state index is 0.640. The highest BCUT2D eigenvalue weighted by molar-refractivity contribution is 5.53. The van der Waals surface area contributed by atoms with E-state index in [9.17, 15) is 0 Å². The van der Waals surface area contributed by atoms with Gasteiger partial charge in [-0.1, -0.05) is 13.8 Å². The van der Waals surface area contributed by atoms with Crippen molar-refractivity contribution in [3.05, 3.63) is 42.0 Å². The number of pyridine rings is 1. The molecule has 2 rings (SSSR count). The molecule has 0 saturated carbocycles. The van der Waals surface area contributed by atoms with Gasteiger partial charge in [-0.05, 0) is 37.6 Å². The molecule has 4 nitrogen and oxygen atoms in total. The number of aryl methyl sites for hydroxylation is 1. The van der Waals surface area contributed by atoms with Crippen molar-refractivity contribution in [1.29, 1.82) is 0 Å². The maximum atomic E-state index is 4.59. The maximum Gasteiger partial charge on any atom is 0.161 e. The van der Waals surface area contributed by atoms with Crippen LogP contribution in [0.25, 0.3) is 11.4 Å². The molecule has 0 amide bonds. The fourth-order valence-corrected chi connectivity index (χ4v) is 1.84. The lowest BCUT2D eigenvalue weighted by Crippen LogP contribution is -2.20. The van der Waals surface area contributed by atoms with E-state index in [1.54, 1.807) is 12.4 Å². The molecule has 0 bridgehead atoms. The predicted octanol–water partition coefficient (Wildman–Crippen LogP) is 2.59. The normalized spacial score (nSPS) is 10.9. The van der Waals surface area contributed by atoms with Crippen molar-refractivity contribution in [3.63, 3.8) is 0 Å². The number of hydrogen-bond donors (Lipinski definition) is 1. The number of nitrogens with one attached hydrogen (secondary N) is 1. The summed E-state index contributed by atoms with van der Waals surface area (Å²) >= 11 is 0. The van der Waals surface area contributed by atoms with Gasteiger partial charge >= 0.3 is 0 Å². The first-order valence-corrected chi connectivity index (χ1v) is 6.61. The van der Waals surface area contributed by atoms with Crippen molar-refractivity contribution >= 4 is 0 Å².